The van der Waals surface area contributed by atoms with E-state index in [4.69, 9.17) is 21.1 Å². The van der Waals surface area contributed by atoms with Crippen molar-refractivity contribution in [2.24, 2.45) is 5.10 Å². The number of benzene rings is 3. The minimum Gasteiger partial charge on any atom is -0.496 e. The van der Waals surface area contributed by atoms with Crippen LogP contribution in [0.1, 0.15) is 32.6 Å². The number of halogens is 2. The second kappa shape index (κ2) is 10.5. The number of ether oxygens (including phenoxy) is 2. The van der Waals surface area contributed by atoms with Crippen LogP contribution in [0.4, 0.5) is 0 Å². The molecule has 31 heavy (non-hydrogen) atoms. The van der Waals surface area contributed by atoms with Gasteiger partial charge >= 0.3 is 0 Å². The van der Waals surface area contributed by atoms with Gasteiger partial charge in [0.15, 0.2) is 0 Å². The molecule has 0 atom stereocenters. The van der Waals surface area contributed by atoms with Gasteiger partial charge < -0.3 is 9.47 Å². The first-order valence-corrected chi connectivity index (χ1v) is 10.7. The van der Waals surface area contributed by atoms with Crippen LogP contribution in [0.3, 0.4) is 0 Å². The summed E-state index contributed by atoms with van der Waals surface area (Å²) >= 11 is 9.58. The molecule has 0 fully saturated rings. The van der Waals surface area contributed by atoms with E-state index in [0.717, 1.165) is 37.5 Å². The lowest BCUT2D eigenvalue weighted by molar-refractivity contribution is 0.0955. The zero-order chi connectivity index (χ0) is 22.4. The number of nitrogens with zero attached hydrogens (tertiary/aromatic N) is 1. The number of amides is 1. The summed E-state index contributed by atoms with van der Waals surface area (Å²) in [4.78, 5) is 12.2. The second-order valence-electron chi connectivity index (χ2n) is 6.94. The van der Waals surface area contributed by atoms with Gasteiger partial charge in [0.1, 0.15) is 18.1 Å². The second-order valence-corrected chi connectivity index (χ2v) is 8.23. The zero-order valence-corrected chi connectivity index (χ0v) is 19.8. The minimum absolute atomic E-state index is 0.283. The summed E-state index contributed by atoms with van der Waals surface area (Å²) in [6, 6.07) is 16.5. The van der Waals surface area contributed by atoms with E-state index in [1.54, 1.807) is 37.6 Å². The van der Waals surface area contributed by atoms with E-state index in [0.29, 0.717) is 17.9 Å². The maximum atomic E-state index is 12.2. The van der Waals surface area contributed by atoms with Gasteiger partial charge in [-0.2, -0.15) is 5.10 Å². The molecule has 0 saturated heterocycles. The Labute approximate surface area is 195 Å². The SMILES string of the molecule is COc1ccc(C=NNC(=O)c2ccc(Br)cc2)cc1COc1cc(C)c(Cl)c(C)c1. The quantitative estimate of drug-likeness (QED) is 0.316. The number of hydrogen-bond acceptors (Lipinski definition) is 4. The van der Waals surface area contributed by atoms with Crippen LogP contribution < -0.4 is 14.9 Å². The summed E-state index contributed by atoms with van der Waals surface area (Å²) in [5.74, 6) is 1.16. The number of hydrogen-bond donors (Lipinski definition) is 1. The van der Waals surface area contributed by atoms with Crippen LogP contribution in [0.2, 0.25) is 5.02 Å². The van der Waals surface area contributed by atoms with Crippen LogP contribution >= 0.6 is 27.5 Å². The van der Waals surface area contributed by atoms with Crippen molar-refractivity contribution in [3.63, 3.8) is 0 Å². The van der Waals surface area contributed by atoms with E-state index >= 15 is 0 Å². The smallest absolute Gasteiger partial charge is 0.271 e. The first-order chi connectivity index (χ1) is 14.9. The van der Waals surface area contributed by atoms with E-state index in [1.165, 1.54) is 0 Å². The van der Waals surface area contributed by atoms with Gasteiger partial charge in [0, 0.05) is 20.6 Å². The highest BCUT2D eigenvalue weighted by molar-refractivity contribution is 9.10. The minimum atomic E-state index is -0.283. The fraction of sp³-hybridized carbons (Fsp3) is 0.167. The Hall–Kier alpha value is -2.83. The van der Waals surface area contributed by atoms with Crippen molar-refractivity contribution in [2.75, 3.05) is 7.11 Å². The van der Waals surface area contributed by atoms with Gasteiger partial charge in [-0.05, 0) is 85.1 Å². The van der Waals surface area contributed by atoms with E-state index in [2.05, 4.69) is 26.5 Å². The number of rotatable bonds is 7. The van der Waals surface area contributed by atoms with Gasteiger partial charge in [-0.3, -0.25) is 4.79 Å². The summed E-state index contributed by atoms with van der Waals surface area (Å²) < 4.78 is 12.3. The molecular formula is C24H22BrClN2O3. The number of nitrogens with one attached hydrogen (secondary N) is 1. The standard InChI is InChI=1S/C24H22BrClN2O3/c1-15-10-21(11-16(2)23(15)26)31-14-19-12-17(4-9-22(19)30-3)13-27-28-24(29)18-5-7-20(25)8-6-18/h4-13H,14H2,1-3H3,(H,28,29). The van der Waals surface area contributed by atoms with E-state index in [9.17, 15) is 4.79 Å². The van der Waals surface area contributed by atoms with Gasteiger partial charge in [0.05, 0.1) is 13.3 Å². The third kappa shape index (κ3) is 6.09. The Balaban J connectivity index is 1.69. The molecule has 0 heterocycles. The molecule has 0 aliphatic heterocycles. The molecule has 0 bridgehead atoms. The Morgan fingerprint density at radius 1 is 1.10 bits per heavy atom. The predicted octanol–water partition coefficient (Wildman–Crippen LogP) is 6.07. The lowest BCUT2D eigenvalue weighted by Gasteiger charge is -2.13. The maximum absolute atomic E-state index is 12.2. The van der Waals surface area contributed by atoms with Crippen molar-refractivity contribution in [1.82, 2.24) is 5.43 Å². The molecule has 3 rings (SSSR count). The number of hydrazone groups is 1. The first kappa shape index (κ1) is 22.8. The van der Waals surface area contributed by atoms with Gasteiger partial charge in [0.25, 0.3) is 5.91 Å². The van der Waals surface area contributed by atoms with Crippen LogP contribution in [-0.2, 0) is 6.61 Å². The molecule has 160 valence electrons. The fourth-order valence-corrected chi connectivity index (χ4v) is 3.35. The average molecular weight is 502 g/mol. The van der Waals surface area contributed by atoms with Crippen molar-refractivity contribution in [3.05, 3.63) is 91.9 Å². The van der Waals surface area contributed by atoms with E-state index in [-0.39, 0.29) is 5.91 Å². The highest BCUT2D eigenvalue weighted by Crippen LogP contribution is 2.27. The van der Waals surface area contributed by atoms with Crippen molar-refractivity contribution in [1.29, 1.82) is 0 Å². The number of carbonyl (C=O) groups excluding carboxylic acids is 1. The van der Waals surface area contributed by atoms with Gasteiger partial charge in [-0.25, -0.2) is 5.43 Å². The maximum Gasteiger partial charge on any atom is 0.271 e. The molecule has 0 aliphatic rings. The summed E-state index contributed by atoms with van der Waals surface area (Å²) in [5, 5.41) is 4.80. The van der Waals surface area contributed by atoms with Crippen LogP contribution in [-0.4, -0.2) is 19.2 Å². The Kier molecular flexibility index (Phi) is 7.71. The fourth-order valence-electron chi connectivity index (χ4n) is 2.97. The summed E-state index contributed by atoms with van der Waals surface area (Å²) in [7, 11) is 1.61. The molecule has 0 radical (unpaired) electrons. The molecule has 1 N–H and O–H groups in total. The number of aryl methyl sites for hydroxylation is 2. The highest BCUT2D eigenvalue weighted by Gasteiger charge is 2.08. The van der Waals surface area contributed by atoms with Crippen molar-refractivity contribution in [3.8, 4) is 11.5 Å². The Morgan fingerprint density at radius 3 is 2.42 bits per heavy atom. The molecule has 0 spiro atoms. The summed E-state index contributed by atoms with van der Waals surface area (Å²) in [6.07, 6.45) is 1.58. The van der Waals surface area contributed by atoms with Crippen LogP contribution in [0.25, 0.3) is 0 Å². The topological polar surface area (TPSA) is 59.9 Å². The van der Waals surface area contributed by atoms with Gasteiger partial charge in [0.2, 0.25) is 0 Å². The lowest BCUT2D eigenvalue weighted by atomic mass is 10.1. The Morgan fingerprint density at radius 2 is 1.77 bits per heavy atom. The van der Waals surface area contributed by atoms with Crippen molar-refractivity contribution >= 4 is 39.7 Å². The number of carbonyl (C=O) groups is 1. The molecule has 0 aromatic heterocycles. The largest absolute Gasteiger partial charge is 0.496 e. The van der Waals surface area contributed by atoms with Crippen LogP contribution in [0.15, 0.2) is 64.2 Å². The summed E-state index contributed by atoms with van der Waals surface area (Å²) in [5.41, 5.74) is 6.65. The summed E-state index contributed by atoms with van der Waals surface area (Å²) in [6.45, 7) is 4.21. The molecule has 0 unspecified atom stereocenters. The number of methoxy groups -OCH3 is 1. The third-order valence-electron chi connectivity index (χ3n) is 4.59. The van der Waals surface area contributed by atoms with Crippen LogP contribution in [0.5, 0.6) is 11.5 Å². The molecule has 3 aromatic rings. The molecule has 3 aromatic carbocycles. The first-order valence-electron chi connectivity index (χ1n) is 9.53. The molecule has 5 nitrogen and oxygen atoms in total. The predicted molar refractivity (Wildman–Crippen MR) is 127 cm³/mol. The lowest BCUT2D eigenvalue weighted by Crippen LogP contribution is -2.17. The van der Waals surface area contributed by atoms with Crippen molar-refractivity contribution in [2.45, 2.75) is 20.5 Å². The third-order valence-corrected chi connectivity index (χ3v) is 5.72. The zero-order valence-electron chi connectivity index (χ0n) is 17.4. The van der Waals surface area contributed by atoms with Crippen LogP contribution in [0, 0.1) is 13.8 Å². The monoisotopic (exact) mass is 500 g/mol. The molecule has 7 heteroatoms. The highest BCUT2D eigenvalue weighted by atomic mass is 79.9. The van der Waals surface area contributed by atoms with Crippen molar-refractivity contribution < 1.29 is 14.3 Å². The molecular weight excluding hydrogens is 480 g/mol. The van der Waals surface area contributed by atoms with Gasteiger partial charge in [-0.15, -0.1) is 0 Å². The molecule has 0 aliphatic carbocycles. The molecule has 1 amide bonds. The normalized spacial score (nSPS) is 10.9. The van der Waals surface area contributed by atoms with Gasteiger partial charge in [-0.1, -0.05) is 27.5 Å². The average Bonchev–Trinajstić information content (AvgIpc) is 2.76. The van der Waals surface area contributed by atoms with E-state index in [1.807, 2.05) is 44.2 Å². The van der Waals surface area contributed by atoms with E-state index < -0.39 is 0 Å². The Bertz CT molecular complexity index is 1090. The molecule has 0 saturated carbocycles.